The number of hydrogen-bond donors (Lipinski definition) is 1. The third-order valence-electron chi connectivity index (χ3n) is 6.73. The molecule has 3 rings (SSSR count). The van der Waals surface area contributed by atoms with Crippen LogP contribution < -0.4 is 0 Å². The van der Waals surface area contributed by atoms with E-state index in [2.05, 4.69) is 20.8 Å². The topological polar surface area (TPSA) is 70.1 Å². The standard InChI is InChI=1S/C17H28N2O4/c1-16(2)12-4-6-17(16,3)11-19(8-12)15(22)18-7-5-13(9-18)23-10-14(20)21/h12-13H,4-11H2,1-3H3,(H,20,21)/t12-,13+,17+/m1/s1. The third kappa shape index (κ3) is 2.82. The van der Waals surface area contributed by atoms with E-state index in [1.807, 2.05) is 9.80 Å². The van der Waals surface area contributed by atoms with Crippen LogP contribution >= 0.6 is 0 Å². The SMILES string of the molecule is CC1(C)[C@@H]2CC[C@@]1(C)CN(C(=O)N1CC[C@H](OCC(=O)O)C1)C2. The summed E-state index contributed by atoms with van der Waals surface area (Å²) in [6.07, 6.45) is 2.97. The van der Waals surface area contributed by atoms with Gasteiger partial charge in [-0.1, -0.05) is 20.8 Å². The van der Waals surface area contributed by atoms with Crippen LogP contribution in [0.2, 0.25) is 0 Å². The van der Waals surface area contributed by atoms with Gasteiger partial charge in [0.25, 0.3) is 0 Å². The Hall–Kier alpha value is -1.30. The molecule has 6 heteroatoms. The number of piperidine rings is 1. The number of likely N-dealkylation sites (tertiary alicyclic amines) is 2. The second-order valence-corrected chi connectivity index (χ2v) is 8.24. The van der Waals surface area contributed by atoms with Crippen LogP contribution in [-0.2, 0) is 9.53 Å². The van der Waals surface area contributed by atoms with Gasteiger partial charge >= 0.3 is 12.0 Å². The van der Waals surface area contributed by atoms with Crippen LogP contribution in [0, 0.1) is 16.7 Å². The quantitative estimate of drug-likeness (QED) is 0.862. The number of aliphatic carboxylic acids is 1. The Morgan fingerprint density at radius 2 is 1.91 bits per heavy atom. The van der Waals surface area contributed by atoms with E-state index < -0.39 is 5.97 Å². The van der Waals surface area contributed by atoms with Crippen LogP contribution in [0.25, 0.3) is 0 Å². The molecule has 3 fully saturated rings. The van der Waals surface area contributed by atoms with E-state index in [9.17, 15) is 9.59 Å². The van der Waals surface area contributed by atoms with Crippen LogP contribution in [0.1, 0.15) is 40.0 Å². The molecule has 0 aromatic heterocycles. The number of carboxylic acids is 1. The van der Waals surface area contributed by atoms with Crippen molar-refractivity contribution in [1.29, 1.82) is 0 Å². The molecule has 0 aromatic carbocycles. The number of carboxylic acid groups (broad SMARTS) is 1. The zero-order valence-electron chi connectivity index (χ0n) is 14.4. The summed E-state index contributed by atoms with van der Waals surface area (Å²) in [6.45, 7) is 9.55. The summed E-state index contributed by atoms with van der Waals surface area (Å²) in [4.78, 5) is 27.3. The molecular formula is C17H28N2O4. The summed E-state index contributed by atoms with van der Waals surface area (Å²) in [5, 5.41) is 8.68. The van der Waals surface area contributed by atoms with Crippen molar-refractivity contribution in [1.82, 2.24) is 9.80 Å². The third-order valence-corrected chi connectivity index (χ3v) is 6.73. The van der Waals surface area contributed by atoms with Crippen LogP contribution in [0.5, 0.6) is 0 Å². The summed E-state index contributed by atoms with van der Waals surface area (Å²) in [7, 11) is 0. The Balaban J connectivity index is 1.59. The number of carbonyl (C=O) groups excluding carboxylic acids is 1. The number of ether oxygens (including phenoxy) is 1. The molecule has 6 nitrogen and oxygen atoms in total. The van der Waals surface area contributed by atoms with Gasteiger partial charge in [-0.05, 0) is 36.0 Å². The molecule has 0 spiro atoms. The van der Waals surface area contributed by atoms with Crippen molar-refractivity contribution in [2.24, 2.45) is 16.7 Å². The molecule has 3 aliphatic rings. The number of rotatable bonds is 3. The monoisotopic (exact) mass is 324 g/mol. The number of fused-ring (bicyclic) bond motifs is 2. The second-order valence-electron chi connectivity index (χ2n) is 8.24. The van der Waals surface area contributed by atoms with Crippen molar-refractivity contribution in [3.05, 3.63) is 0 Å². The number of carbonyl (C=O) groups is 2. The van der Waals surface area contributed by atoms with Gasteiger partial charge in [-0.25, -0.2) is 9.59 Å². The van der Waals surface area contributed by atoms with Crippen LogP contribution in [-0.4, -0.2) is 65.8 Å². The summed E-state index contributed by atoms with van der Waals surface area (Å²) >= 11 is 0. The fourth-order valence-electron chi connectivity index (χ4n) is 4.60. The van der Waals surface area contributed by atoms with Crippen molar-refractivity contribution in [2.45, 2.75) is 46.1 Å². The van der Waals surface area contributed by atoms with Crippen molar-refractivity contribution in [2.75, 3.05) is 32.8 Å². The summed E-state index contributed by atoms with van der Waals surface area (Å²) in [5.74, 6) is -0.385. The molecule has 1 N–H and O–H groups in total. The van der Waals surface area contributed by atoms with Crippen molar-refractivity contribution in [3.8, 4) is 0 Å². The maximum absolute atomic E-state index is 12.8. The van der Waals surface area contributed by atoms with Crippen molar-refractivity contribution >= 4 is 12.0 Å². The first kappa shape index (κ1) is 16.6. The zero-order valence-corrected chi connectivity index (χ0v) is 14.4. The average Bonchev–Trinajstić information content (AvgIpc) is 2.95. The first-order valence-corrected chi connectivity index (χ1v) is 8.60. The Labute approximate surface area is 137 Å². The maximum Gasteiger partial charge on any atom is 0.329 e. The minimum Gasteiger partial charge on any atom is -0.480 e. The zero-order chi connectivity index (χ0) is 16.8. The smallest absolute Gasteiger partial charge is 0.329 e. The molecule has 0 radical (unpaired) electrons. The van der Waals surface area contributed by atoms with Gasteiger partial charge in [0.05, 0.1) is 6.10 Å². The molecule has 130 valence electrons. The number of hydrogen-bond acceptors (Lipinski definition) is 3. The van der Waals surface area contributed by atoms with E-state index in [-0.39, 0.29) is 24.2 Å². The molecule has 2 bridgehead atoms. The molecule has 3 atom stereocenters. The minimum absolute atomic E-state index is 0.0973. The fourth-order valence-corrected chi connectivity index (χ4v) is 4.60. The molecule has 0 aromatic rings. The lowest BCUT2D eigenvalue weighted by Crippen LogP contribution is -2.56. The van der Waals surface area contributed by atoms with Crippen LogP contribution in [0.3, 0.4) is 0 Å². The Morgan fingerprint density at radius 3 is 2.57 bits per heavy atom. The molecule has 1 aliphatic carbocycles. The van der Waals surface area contributed by atoms with Crippen molar-refractivity contribution < 1.29 is 19.4 Å². The van der Waals surface area contributed by atoms with E-state index in [1.165, 1.54) is 12.8 Å². The van der Waals surface area contributed by atoms with Gasteiger partial charge in [0.1, 0.15) is 6.61 Å². The molecule has 0 unspecified atom stereocenters. The largest absolute Gasteiger partial charge is 0.480 e. The molecule has 2 aliphatic heterocycles. The van der Waals surface area contributed by atoms with Gasteiger partial charge in [0.15, 0.2) is 0 Å². The first-order valence-electron chi connectivity index (χ1n) is 8.60. The maximum atomic E-state index is 12.8. The highest BCUT2D eigenvalue weighted by atomic mass is 16.5. The van der Waals surface area contributed by atoms with Gasteiger partial charge < -0.3 is 19.6 Å². The molecule has 2 amide bonds. The van der Waals surface area contributed by atoms with Crippen LogP contribution in [0.4, 0.5) is 4.79 Å². The highest BCUT2D eigenvalue weighted by Crippen LogP contribution is 2.59. The highest BCUT2D eigenvalue weighted by Gasteiger charge is 2.56. The second kappa shape index (κ2) is 5.65. The Kier molecular flexibility index (Phi) is 4.07. The lowest BCUT2D eigenvalue weighted by molar-refractivity contribution is -0.144. The fraction of sp³-hybridized carbons (Fsp3) is 0.882. The molecule has 23 heavy (non-hydrogen) atoms. The average molecular weight is 324 g/mol. The van der Waals surface area contributed by atoms with E-state index in [1.54, 1.807) is 0 Å². The van der Waals surface area contributed by atoms with E-state index >= 15 is 0 Å². The van der Waals surface area contributed by atoms with Gasteiger partial charge in [-0.15, -0.1) is 0 Å². The predicted octanol–water partition coefficient (Wildman–Crippen LogP) is 2.04. The lowest BCUT2D eigenvalue weighted by atomic mass is 9.63. The first-order chi connectivity index (χ1) is 10.7. The van der Waals surface area contributed by atoms with Gasteiger partial charge in [-0.2, -0.15) is 0 Å². The molecule has 1 saturated carbocycles. The summed E-state index contributed by atoms with van der Waals surface area (Å²) < 4.78 is 5.33. The van der Waals surface area contributed by atoms with Gasteiger partial charge in [0, 0.05) is 26.2 Å². The van der Waals surface area contributed by atoms with E-state index in [0.29, 0.717) is 24.4 Å². The van der Waals surface area contributed by atoms with E-state index in [4.69, 9.17) is 9.84 Å². The predicted molar refractivity (Wildman–Crippen MR) is 85.1 cm³/mol. The molecule has 2 saturated heterocycles. The van der Waals surface area contributed by atoms with Gasteiger partial charge in [0.2, 0.25) is 0 Å². The summed E-state index contributed by atoms with van der Waals surface area (Å²) in [6, 6.07) is 0.0973. The number of amides is 2. The van der Waals surface area contributed by atoms with Crippen LogP contribution in [0.15, 0.2) is 0 Å². The van der Waals surface area contributed by atoms with Crippen molar-refractivity contribution in [3.63, 3.8) is 0 Å². The number of nitrogens with zero attached hydrogens (tertiary/aromatic N) is 2. The minimum atomic E-state index is -0.961. The lowest BCUT2D eigenvalue weighted by Gasteiger charge is -2.50. The normalized spacial score (nSPS) is 35.6. The Bertz CT molecular complexity index is 507. The molecular weight excluding hydrogens is 296 g/mol. The number of urea groups is 1. The Morgan fingerprint density at radius 1 is 1.17 bits per heavy atom. The van der Waals surface area contributed by atoms with E-state index in [0.717, 1.165) is 19.5 Å². The molecule has 2 heterocycles. The summed E-state index contributed by atoms with van der Waals surface area (Å²) in [5.41, 5.74) is 0.492. The highest BCUT2D eigenvalue weighted by molar-refractivity contribution is 5.75. The van der Waals surface area contributed by atoms with Gasteiger partial charge in [-0.3, -0.25) is 0 Å².